The van der Waals surface area contributed by atoms with Crippen LogP contribution in [0.5, 0.6) is 0 Å². The van der Waals surface area contributed by atoms with Crippen LogP contribution in [0.4, 0.5) is 0 Å². The number of rotatable bonds is 5. The molecule has 0 saturated carbocycles. The van der Waals surface area contributed by atoms with Crippen LogP contribution in [0.3, 0.4) is 0 Å². The van der Waals surface area contributed by atoms with Crippen molar-refractivity contribution in [2.45, 2.75) is 45.8 Å². The number of nitrogens with one attached hydrogen (secondary N) is 1. The van der Waals surface area contributed by atoms with Gasteiger partial charge in [-0.15, -0.1) is 10.2 Å². The minimum atomic E-state index is 0.820. The van der Waals surface area contributed by atoms with E-state index in [-0.39, 0.29) is 0 Å². The third-order valence-corrected chi connectivity index (χ3v) is 3.73. The topological polar surface area (TPSA) is 47.7 Å². The van der Waals surface area contributed by atoms with E-state index >= 15 is 0 Å². The predicted octanol–water partition coefficient (Wildman–Crippen LogP) is 1.57. The standard InChI is InChI=1S/C14H21N5/c1-2-15-10-12-6-5-8-18(12)11-14-17-16-13-7-3-4-9-19(13)14/h5-6,8,15H,2-4,7,9-11H2,1H3. The zero-order chi connectivity index (χ0) is 13.1. The number of hydrogen-bond donors (Lipinski definition) is 1. The Hall–Kier alpha value is -1.62. The highest BCUT2D eigenvalue weighted by atomic mass is 15.3. The summed E-state index contributed by atoms with van der Waals surface area (Å²) in [6.07, 6.45) is 5.68. The molecule has 5 nitrogen and oxygen atoms in total. The van der Waals surface area contributed by atoms with E-state index < -0.39 is 0 Å². The lowest BCUT2D eigenvalue weighted by Crippen LogP contribution is -2.18. The van der Waals surface area contributed by atoms with Gasteiger partial charge in [0.15, 0.2) is 5.82 Å². The summed E-state index contributed by atoms with van der Waals surface area (Å²) in [4.78, 5) is 0. The van der Waals surface area contributed by atoms with Crippen LogP contribution in [0.1, 0.15) is 37.1 Å². The third kappa shape index (κ3) is 2.56. The molecule has 0 unspecified atom stereocenters. The van der Waals surface area contributed by atoms with Crippen molar-refractivity contribution in [3.63, 3.8) is 0 Å². The first-order chi connectivity index (χ1) is 9.38. The molecule has 2 aromatic heterocycles. The van der Waals surface area contributed by atoms with Crippen LogP contribution in [0, 0.1) is 0 Å². The fourth-order valence-corrected chi connectivity index (χ4v) is 2.66. The van der Waals surface area contributed by atoms with Crippen LogP contribution in [-0.2, 0) is 26.1 Å². The number of nitrogens with zero attached hydrogens (tertiary/aromatic N) is 4. The number of hydrogen-bond acceptors (Lipinski definition) is 3. The Morgan fingerprint density at radius 1 is 1.32 bits per heavy atom. The Balaban J connectivity index is 1.78. The van der Waals surface area contributed by atoms with Gasteiger partial charge in [-0.3, -0.25) is 0 Å². The number of aromatic nitrogens is 4. The molecule has 0 atom stereocenters. The van der Waals surface area contributed by atoms with E-state index in [0.29, 0.717) is 0 Å². The van der Waals surface area contributed by atoms with E-state index in [1.165, 1.54) is 18.5 Å². The van der Waals surface area contributed by atoms with Crippen molar-refractivity contribution in [3.05, 3.63) is 35.7 Å². The lowest BCUT2D eigenvalue weighted by Gasteiger charge is -2.16. The molecule has 0 saturated heterocycles. The van der Waals surface area contributed by atoms with Crippen LogP contribution >= 0.6 is 0 Å². The van der Waals surface area contributed by atoms with Gasteiger partial charge >= 0.3 is 0 Å². The van der Waals surface area contributed by atoms with Crippen molar-refractivity contribution in [2.24, 2.45) is 0 Å². The van der Waals surface area contributed by atoms with Gasteiger partial charge in [0.25, 0.3) is 0 Å². The maximum absolute atomic E-state index is 4.37. The maximum atomic E-state index is 4.37. The molecule has 0 aliphatic carbocycles. The first kappa shape index (κ1) is 12.4. The molecule has 3 heterocycles. The van der Waals surface area contributed by atoms with Gasteiger partial charge in [0, 0.05) is 31.4 Å². The maximum Gasteiger partial charge on any atom is 0.153 e. The van der Waals surface area contributed by atoms with Gasteiger partial charge in [0.1, 0.15) is 5.82 Å². The first-order valence-electron chi connectivity index (χ1n) is 7.14. The molecule has 0 spiro atoms. The van der Waals surface area contributed by atoms with Crippen molar-refractivity contribution >= 4 is 0 Å². The SMILES string of the molecule is CCNCc1cccn1Cc1nnc2n1CCCC2. The average molecular weight is 259 g/mol. The van der Waals surface area contributed by atoms with E-state index in [0.717, 1.165) is 44.2 Å². The Morgan fingerprint density at radius 2 is 2.26 bits per heavy atom. The summed E-state index contributed by atoms with van der Waals surface area (Å²) in [5.74, 6) is 2.24. The quantitative estimate of drug-likeness (QED) is 0.886. The summed E-state index contributed by atoms with van der Waals surface area (Å²) in [5, 5.41) is 12.0. The molecule has 19 heavy (non-hydrogen) atoms. The van der Waals surface area contributed by atoms with E-state index in [1.807, 2.05) is 0 Å². The van der Waals surface area contributed by atoms with E-state index in [2.05, 4.69) is 49.9 Å². The summed E-state index contributed by atoms with van der Waals surface area (Å²) < 4.78 is 4.55. The summed E-state index contributed by atoms with van der Waals surface area (Å²) >= 11 is 0. The average Bonchev–Trinajstić information content (AvgIpc) is 3.05. The molecule has 0 bridgehead atoms. The highest BCUT2D eigenvalue weighted by molar-refractivity contribution is 5.10. The van der Waals surface area contributed by atoms with Crippen LogP contribution in [0.25, 0.3) is 0 Å². The van der Waals surface area contributed by atoms with Crippen molar-refractivity contribution in [3.8, 4) is 0 Å². The monoisotopic (exact) mass is 259 g/mol. The molecule has 3 rings (SSSR count). The number of aryl methyl sites for hydroxylation is 1. The van der Waals surface area contributed by atoms with Crippen LogP contribution in [0.15, 0.2) is 18.3 Å². The van der Waals surface area contributed by atoms with Gasteiger partial charge < -0.3 is 14.5 Å². The van der Waals surface area contributed by atoms with Gasteiger partial charge in [-0.2, -0.15) is 0 Å². The van der Waals surface area contributed by atoms with Crippen LogP contribution < -0.4 is 5.32 Å². The molecule has 1 aliphatic heterocycles. The highest BCUT2D eigenvalue weighted by Crippen LogP contribution is 2.15. The minimum Gasteiger partial charge on any atom is -0.343 e. The largest absolute Gasteiger partial charge is 0.343 e. The molecule has 0 amide bonds. The molecule has 2 aromatic rings. The lowest BCUT2D eigenvalue weighted by atomic mass is 10.2. The molecule has 5 heteroatoms. The molecule has 102 valence electrons. The van der Waals surface area contributed by atoms with Crippen molar-refractivity contribution < 1.29 is 0 Å². The molecule has 0 radical (unpaired) electrons. The predicted molar refractivity (Wildman–Crippen MR) is 73.9 cm³/mol. The Bertz CT molecular complexity index is 540. The number of fused-ring (bicyclic) bond motifs is 1. The lowest BCUT2D eigenvalue weighted by molar-refractivity contribution is 0.499. The van der Waals surface area contributed by atoms with E-state index in [9.17, 15) is 0 Å². The molecule has 1 aliphatic rings. The van der Waals surface area contributed by atoms with Crippen molar-refractivity contribution in [2.75, 3.05) is 6.54 Å². The summed E-state index contributed by atoms with van der Waals surface area (Å²) in [6.45, 7) is 5.92. The van der Waals surface area contributed by atoms with Gasteiger partial charge in [0.05, 0.1) is 6.54 Å². The van der Waals surface area contributed by atoms with Crippen molar-refractivity contribution in [1.82, 2.24) is 24.6 Å². The third-order valence-electron chi connectivity index (χ3n) is 3.73. The Labute approximate surface area is 113 Å². The second-order valence-electron chi connectivity index (χ2n) is 5.05. The van der Waals surface area contributed by atoms with Crippen molar-refractivity contribution in [1.29, 1.82) is 0 Å². The second-order valence-corrected chi connectivity index (χ2v) is 5.05. The zero-order valence-electron chi connectivity index (χ0n) is 11.5. The molecular weight excluding hydrogens is 238 g/mol. The van der Waals surface area contributed by atoms with Crippen LogP contribution in [0.2, 0.25) is 0 Å². The Morgan fingerprint density at radius 3 is 3.16 bits per heavy atom. The van der Waals surface area contributed by atoms with Gasteiger partial charge in [-0.25, -0.2) is 0 Å². The summed E-state index contributed by atoms with van der Waals surface area (Å²) in [7, 11) is 0. The minimum absolute atomic E-state index is 0.820. The van der Waals surface area contributed by atoms with Gasteiger partial charge in [-0.1, -0.05) is 6.92 Å². The molecule has 0 fully saturated rings. The zero-order valence-corrected chi connectivity index (χ0v) is 11.5. The van der Waals surface area contributed by atoms with E-state index in [1.54, 1.807) is 0 Å². The van der Waals surface area contributed by atoms with E-state index in [4.69, 9.17) is 0 Å². The summed E-state index contributed by atoms with van der Waals surface area (Å²) in [5.41, 5.74) is 1.30. The van der Waals surface area contributed by atoms with Gasteiger partial charge in [0.2, 0.25) is 0 Å². The van der Waals surface area contributed by atoms with Gasteiger partial charge in [-0.05, 0) is 31.5 Å². The second kappa shape index (κ2) is 5.57. The van der Waals surface area contributed by atoms with Crippen LogP contribution in [-0.4, -0.2) is 25.9 Å². The normalized spacial score (nSPS) is 14.6. The molecule has 1 N–H and O–H groups in total. The smallest absolute Gasteiger partial charge is 0.153 e. The fraction of sp³-hybridized carbons (Fsp3) is 0.571. The highest BCUT2D eigenvalue weighted by Gasteiger charge is 2.16. The fourth-order valence-electron chi connectivity index (χ4n) is 2.66. The molecular formula is C14H21N5. The molecule has 0 aromatic carbocycles. The Kier molecular flexibility index (Phi) is 3.64. The first-order valence-corrected chi connectivity index (χ1v) is 7.14. The summed E-state index contributed by atoms with van der Waals surface area (Å²) in [6, 6.07) is 4.26.